The monoisotopic (exact) mass is 301 g/mol. The summed E-state index contributed by atoms with van der Waals surface area (Å²) >= 11 is 0. The molecular weight excluding hydrogens is 295 g/mol. The minimum atomic E-state index is -0.707. The number of methoxy groups -OCH3 is 2. The van der Waals surface area contributed by atoms with Crippen molar-refractivity contribution >= 4 is 11.9 Å². The van der Waals surface area contributed by atoms with Gasteiger partial charge < -0.3 is 9.47 Å². The Bertz CT molecular complexity index is 112. The summed E-state index contributed by atoms with van der Waals surface area (Å²) in [6.45, 7) is 0. The Morgan fingerprint density at radius 1 is 1.00 bits per heavy atom. The van der Waals surface area contributed by atoms with E-state index >= 15 is 0 Å². The molecule has 0 heterocycles. The van der Waals surface area contributed by atoms with Gasteiger partial charge in [0.2, 0.25) is 0 Å². The summed E-state index contributed by atoms with van der Waals surface area (Å²) in [5.74, 6) is -1.41. The van der Waals surface area contributed by atoms with Crippen LogP contribution >= 0.6 is 0 Å². The predicted molar refractivity (Wildman–Crippen MR) is 28.3 cm³/mol. The van der Waals surface area contributed by atoms with Gasteiger partial charge in [0.05, 0.1) is 14.2 Å². The van der Waals surface area contributed by atoms with Crippen molar-refractivity contribution in [2.75, 3.05) is 14.2 Å². The molecule has 4 nitrogen and oxygen atoms in total. The molecule has 0 aromatic heterocycles. The number of rotatable bonds is 2. The maximum Gasteiger partial charge on any atom is 1.00 e. The first-order chi connectivity index (χ1) is 4.20. The number of ether oxygens (including phenoxy) is 2. The number of carbonyl (C=O) groups excluding carboxylic acids is 2. The van der Waals surface area contributed by atoms with Crippen LogP contribution in [0.1, 0.15) is 0 Å². The van der Waals surface area contributed by atoms with Crippen molar-refractivity contribution in [3.05, 3.63) is 6.42 Å². The van der Waals surface area contributed by atoms with Gasteiger partial charge >= 0.3 is 116 Å². The third-order valence-corrected chi connectivity index (χ3v) is 0.638. The van der Waals surface area contributed by atoms with Crippen molar-refractivity contribution < 1.29 is 135 Å². The predicted octanol–water partition coefficient (Wildman–Crippen LogP) is -6.46. The molecule has 0 aromatic carbocycles. The first kappa shape index (κ1) is 19.1. The van der Waals surface area contributed by atoms with Crippen LogP contribution in [0.3, 0.4) is 0 Å². The Labute approximate surface area is 163 Å². The van der Waals surface area contributed by atoms with E-state index in [0.717, 1.165) is 6.42 Å². The molecule has 0 aliphatic heterocycles. The normalized spacial score (nSPS) is 6.36. The van der Waals surface area contributed by atoms with Crippen LogP contribution < -0.4 is 116 Å². The molecule has 0 N–H and O–H groups in total. The van der Waals surface area contributed by atoms with Gasteiger partial charge in [0.1, 0.15) is 0 Å². The molecule has 6 heteroatoms. The molecule has 0 unspecified atom stereocenters. The fourth-order valence-electron chi connectivity index (χ4n) is 0.214. The maximum absolute atomic E-state index is 10.2. The molecule has 0 atom stereocenters. The number of hydrogen-bond acceptors (Lipinski definition) is 4. The zero-order valence-electron chi connectivity index (χ0n) is 7.21. The first-order valence-corrected chi connectivity index (χ1v) is 2.21. The second kappa shape index (κ2) is 12.4. The van der Waals surface area contributed by atoms with Gasteiger partial charge in [0, 0.05) is 0 Å². The molecule has 0 fully saturated rings. The van der Waals surface area contributed by atoms with Gasteiger partial charge in [-0.1, -0.05) is 0 Å². The van der Waals surface area contributed by atoms with Crippen LogP contribution in [-0.4, -0.2) is 26.2 Å². The largest absolute Gasteiger partial charge is 1.00 e. The molecule has 0 amide bonds. The summed E-state index contributed by atoms with van der Waals surface area (Å²) in [5, 5.41) is 0. The second-order valence-electron chi connectivity index (χ2n) is 1.19. The maximum atomic E-state index is 10.2. The van der Waals surface area contributed by atoms with Crippen LogP contribution in [-0.2, 0) is 19.1 Å². The topological polar surface area (TPSA) is 52.6 Å². The third-order valence-electron chi connectivity index (χ3n) is 0.638. The molecule has 0 spiro atoms. The molecule has 0 radical (unpaired) electrons. The Morgan fingerprint density at radius 2 is 1.27 bits per heavy atom. The van der Waals surface area contributed by atoms with E-state index < -0.39 is 11.9 Å². The molecular formula is C5H7O4Rb2+. The van der Waals surface area contributed by atoms with Crippen LogP contribution in [0, 0.1) is 6.42 Å². The fraction of sp³-hybridized carbons (Fsp3) is 0.400. The van der Waals surface area contributed by atoms with Gasteiger partial charge in [-0.05, 0) is 0 Å². The van der Waals surface area contributed by atoms with Crippen molar-refractivity contribution in [3.8, 4) is 0 Å². The van der Waals surface area contributed by atoms with E-state index in [1.807, 2.05) is 0 Å². The molecule has 52 valence electrons. The molecule has 0 rings (SSSR count). The standard InChI is InChI=1S/C5H7O4.2Rb/c1-8-4(6)3-5(7)9-2;;/h3H,1-2H3;;/q-1;2*+1. The molecule has 0 saturated carbocycles. The summed E-state index contributed by atoms with van der Waals surface area (Å²) in [6.07, 6.45) is 0.722. The van der Waals surface area contributed by atoms with Gasteiger partial charge in [-0.2, -0.15) is 6.42 Å². The van der Waals surface area contributed by atoms with Gasteiger partial charge in [-0.3, -0.25) is 9.59 Å². The van der Waals surface area contributed by atoms with Gasteiger partial charge in [-0.15, -0.1) is 0 Å². The second-order valence-corrected chi connectivity index (χ2v) is 1.19. The van der Waals surface area contributed by atoms with Gasteiger partial charge in [0.15, 0.2) is 11.9 Å². The molecule has 0 aromatic rings. The van der Waals surface area contributed by atoms with E-state index in [0.29, 0.717) is 0 Å². The van der Waals surface area contributed by atoms with Crippen LogP contribution in [0.25, 0.3) is 0 Å². The van der Waals surface area contributed by atoms with Crippen molar-refractivity contribution in [2.24, 2.45) is 0 Å². The van der Waals surface area contributed by atoms with E-state index in [9.17, 15) is 9.59 Å². The minimum absolute atomic E-state index is 0. The molecule has 0 saturated heterocycles. The van der Waals surface area contributed by atoms with Crippen LogP contribution in [0.5, 0.6) is 0 Å². The van der Waals surface area contributed by atoms with E-state index in [1.165, 1.54) is 14.2 Å². The minimum Gasteiger partial charge on any atom is -0.491 e. The summed E-state index contributed by atoms with van der Waals surface area (Å²) < 4.78 is 8.25. The van der Waals surface area contributed by atoms with Gasteiger partial charge in [0.25, 0.3) is 0 Å². The van der Waals surface area contributed by atoms with Crippen LogP contribution in [0.2, 0.25) is 0 Å². The van der Waals surface area contributed by atoms with E-state index in [-0.39, 0.29) is 116 Å². The van der Waals surface area contributed by atoms with Crippen molar-refractivity contribution in [1.29, 1.82) is 0 Å². The van der Waals surface area contributed by atoms with E-state index in [4.69, 9.17) is 0 Å². The summed E-state index contributed by atoms with van der Waals surface area (Å²) in [5.41, 5.74) is 0. The van der Waals surface area contributed by atoms with Crippen molar-refractivity contribution in [1.82, 2.24) is 0 Å². The van der Waals surface area contributed by atoms with Crippen LogP contribution in [0.4, 0.5) is 0 Å². The number of hydrogen-bond donors (Lipinski definition) is 0. The summed E-state index contributed by atoms with van der Waals surface area (Å²) in [6, 6.07) is 0. The Hall–Kier alpha value is 2.42. The van der Waals surface area contributed by atoms with Crippen LogP contribution in [0.15, 0.2) is 0 Å². The fourth-order valence-corrected chi connectivity index (χ4v) is 0.214. The average Bonchev–Trinajstić information content (AvgIpc) is 1.87. The average molecular weight is 302 g/mol. The number of carbonyl (C=O) groups is 2. The smallest absolute Gasteiger partial charge is 0.491 e. The summed E-state index contributed by atoms with van der Waals surface area (Å²) in [7, 11) is 2.36. The Morgan fingerprint density at radius 3 is 1.45 bits per heavy atom. The van der Waals surface area contributed by atoms with Gasteiger partial charge in [-0.25, -0.2) is 0 Å². The van der Waals surface area contributed by atoms with Crippen molar-refractivity contribution in [2.45, 2.75) is 0 Å². The van der Waals surface area contributed by atoms with E-state index in [1.54, 1.807) is 0 Å². The molecule has 0 aliphatic carbocycles. The first-order valence-electron chi connectivity index (χ1n) is 2.21. The zero-order chi connectivity index (χ0) is 7.28. The zero-order valence-corrected chi connectivity index (χ0v) is 17.0. The number of esters is 2. The van der Waals surface area contributed by atoms with E-state index in [2.05, 4.69) is 9.47 Å². The third kappa shape index (κ3) is 12.4. The van der Waals surface area contributed by atoms with Crippen molar-refractivity contribution in [3.63, 3.8) is 0 Å². The molecule has 11 heavy (non-hydrogen) atoms. The quantitative estimate of drug-likeness (QED) is 0.289. The summed E-state index contributed by atoms with van der Waals surface area (Å²) in [4.78, 5) is 20.4. The Kier molecular flexibility index (Phi) is 21.5. The SMILES string of the molecule is COC(=O)[CH-]C(=O)OC.[Rb+].[Rb+]. The Balaban J connectivity index is -0.000000320. The molecule has 0 aliphatic rings. The molecule has 0 bridgehead atoms.